The van der Waals surface area contributed by atoms with Crippen LogP contribution in [0.25, 0.3) is 0 Å². The van der Waals surface area contributed by atoms with E-state index in [2.05, 4.69) is 5.32 Å². The van der Waals surface area contributed by atoms with Crippen LogP contribution in [-0.4, -0.2) is 19.1 Å². The number of nitrogen functional groups attached to an aromatic ring is 2. The fraction of sp³-hybridized carbons (Fsp3) is 0.133. The Morgan fingerprint density at radius 3 is 2.35 bits per heavy atom. The van der Waals surface area contributed by atoms with E-state index in [9.17, 15) is 4.79 Å². The zero-order chi connectivity index (χ0) is 14.4. The van der Waals surface area contributed by atoms with E-state index in [1.165, 1.54) is 0 Å². The van der Waals surface area contributed by atoms with Crippen LogP contribution in [0.3, 0.4) is 0 Å². The summed E-state index contributed by atoms with van der Waals surface area (Å²) in [4.78, 5) is 11.9. The first-order valence-electron chi connectivity index (χ1n) is 6.27. The molecule has 0 saturated carbocycles. The lowest BCUT2D eigenvalue weighted by atomic mass is 10.1. The highest BCUT2D eigenvalue weighted by Crippen LogP contribution is 2.13. The van der Waals surface area contributed by atoms with E-state index >= 15 is 0 Å². The number of para-hydroxylation sites is 1. The molecule has 0 heterocycles. The molecule has 0 aromatic heterocycles. The Labute approximate surface area is 117 Å². The second-order valence-corrected chi connectivity index (χ2v) is 4.31. The van der Waals surface area contributed by atoms with Crippen molar-refractivity contribution in [3.63, 3.8) is 0 Å². The summed E-state index contributed by atoms with van der Waals surface area (Å²) in [5.41, 5.74) is 12.7. The summed E-state index contributed by atoms with van der Waals surface area (Å²) < 4.78 is 5.48. The zero-order valence-electron chi connectivity index (χ0n) is 11.0. The number of ether oxygens (including phenoxy) is 1. The van der Waals surface area contributed by atoms with Gasteiger partial charge in [-0.1, -0.05) is 18.2 Å². The van der Waals surface area contributed by atoms with Gasteiger partial charge in [0, 0.05) is 16.9 Å². The predicted molar refractivity (Wildman–Crippen MR) is 79.5 cm³/mol. The maximum absolute atomic E-state index is 11.9. The summed E-state index contributed by atoms with van der Waals surface area (Å²) in [6, 6.07) is 14.2. The molecule has 0 unspecified atom stereocenters. The van der Waals surface area contributed by atoms with Crippen LogP contribution in [0.1, 0.15) is 10.4 Å². The number of nitrogens with one attached hydrogen (secondary N) is 1. The van der Waals surface area contributed by atoms with E-state index in [1.807, 2.05) is 30.3 Å². The van der Waals surface area contributed by atoms with Gasteiger partial charge in [-0.05, 0) is 30.3 Å². The molecule has 2 aromatic carbocycles. The van der Waals surface area contributed by atoms with Crippen molar-refractivity contribution < 1.29 is 9.53 Å². The smallest absolute Gasteiger partial charge is 0.251 e. The standard InChI is InChI=1S/C15H17N3O2/c16-12-8-11(9-13(17)10-12)15(19)18-6-7-20-14-4-2-1-3-5-14/h1-5,8-10H,6-7,16-17H2,(H,18,19). The minimum absolute atomic E-state index is 0.222. The Morgan fingerprint density at radius 1 is 1.05 bits per heavy atom. The van der Waals surface area contributed by atoms with Gasteiger partial charge in [0.1, 0.15) is 12.4 Å². The van der Waals surface area contributed by atoms with Gasteiger partial charge in [0.05, 0.1) is 6.54 Å². The molecule has 0 aliphatic heterocycles. The first-order chi connectivity index (χ1) is 9.65. The van der Waals surface area contributed by atoms with E-state index in [0.29, 0.717) is 30.1 Å². The summed E-state index contributed by atoms with van der Waals surface area (Å²) in [7, 11) is 0. The van der Waals surface area contributed by atoms with Crippen LogP contribution in [0.5, 0.6) is 5.75 Å². The third-order valence-corrected chi connectivity index (χ3v) is 2.64. The number of benzene rings is 2. The molecular weight excluding hydrogens is 254 g/mol. The summed E-state index contributed by atoms with van der Waals surface area (Å²) in [6.45, 7) is 0.802. The topological polar surface area (TPSA) is 90.4 Å². The zero-order valence-corrected chi connectivity index (χ0v) is 11.0. The van der Waals surface area contributed by atoms with E-state index in [1.54, 1.807) is 18.2 Å². The third-order valence-electron chi connectivity index (χ3n) is 2.64. The molecule has 5 heteroatoms. The third kappa shape index (κ3) is 3.91. The highest BCUT2D eigenvalue weighted by Gasteiger charge is 2.06. The predicted octanol–water partition coefficient (Wildman–Crippen LogP) is 1.66. The average Bonchev–Trinajstić information content (AvgIpc) is 2.43. The second-order valence-electron chi connectivity index (χ2n) is 4.31. The number of anilines is 2. The van der Waals surface area contributed by atoms with Crippen molar-refractivity contribution in [2.75, 3.05) is 24.6 Å². The number of amides is 1. The lowest BCUT2D eigenvalue weighted by molar-refractivity contribution is 0.0947. The summed E-state index contributed by atoms with van der Waals surface area (Å²) in [6.07, 6.45) is 0. The van der Waals surface area contributed by atoms with E-state index in [0.717, 1.165) is 5.75 Å². The minimum atomic E-state index is -0.222. The number of nitrogens with two attached hydrogens (primary N) is 2. The molecule has 0 spiro atoms. The largest absolute Gasteiger partial charge is 0.492 e. The summed E-state index contributed by atoms with van der Waals surface area (Å²) in [5, 5.41) is 2.75. The molecule has 20 heavy (non-hydrogen) atoms. The summed E-state index contributed by atoms with van der Waals surface area (Å²) >= 11 is 0. The van der Waals surface area contributed by atoms with Gasteiger partial charge in [0.2, 0.25) is 0 Å². The number of carbonyl (C=O) groups excluding carboxylic acids is 1. The molecule has 2 aromatic rings. The van der Waals surface area contributed by atoms with Gasteiger partial charge in [-0.15, -0.1) is 0 Å². The molecule has 0 bridgehead atoms. The Kier molecular flexibility index (Phi) is 4.44. The van der Waals surface area contributed by atoms with Crippen LogP contribution < -0.4 is 21.5 Å². The number of rotatable bonds is 5. The quantitative estimate of drug-likeness (QED) is 0.570. The molecule has 0 aliphatic rings. The highest BCUT2D eigenvalue weighted by atomic mass is 16.5. The van der Waals surface area contributed by atoms with Gasteiger partial charge in [0.15, 0.2) is 0 Å². The van der Waals surface area contributed by atoms with Crippen molar-refractivity contribution in [1.82, 2.24) is 5.32 Å². The number of hydrogen-bond acceptors (Lipinski definition) is 4. The first-order valence-corrected chi connectivity index (χ1v) is 6.27. The Hall–Kier alpha value is -2.69. The van der Waals surface area contributed by atoms with Gasteiger partial charge in [0.25, 0.3) is 5.91 Å². The van der Waals surface area contributed by atoms with Crippen molar-refractivity contribution in [2.45, 2.75) is 0 Å². The van der Waals surface area contributed by atoms with Crippen molar-refractivity contribution in [3.8, 4) is 5.75 Å². The fourth-order valence-electron chi connectivity index (χ4n) is 1.76. The normalized spacial score (nSPS) is 10.0. The Bertz CT molecular complexity index is 565. The van der Waals surface area contributed by atoms with Gasteiger partial charge in [-0.3, -0.25) is 4.79 Å². The lowest BCUT2D eigenvalue weighted by Gasteiger charge is -2.08. The van der Waals surface area contributed by atoms with Crippen molar-refractivity contribution in [2.24, 2.45) is 0 Å². The van der Waals surface area contributed by atoms with Gasteiger partial charge >= 0.3 is 0 Å². The maximum Gasteiger partial charge on any atom is 0.251 e. The molecule has 0 radical (unpaired) electrons. The SMILES string of the molecule is Nc1cc(N)cc(C(=O)NCCOc2ccccc2)c1. The molecule has 1 amide bonds. The Morgan fingerprint density at radius 2 is 1.70 bits per heavy atom. The second kappa shape index (κ2) is 6.47. The van der Waals surface area contributed by atoms with Crippen LogP contribution in [0.4, 0.5) is 11.4 Å². The molecule has 104 valence electrons. The number of carbonyl (C=O) groups is 1. The van der Waals surface area contributed by atoms with E-state index < -0.39 is 0 Å². The van der Waals surface area contributed by atoms with Crippen LogP contribution in [-0.2, 0) is 0 Å². The average molecular weight is 271 g/mol. The minimum Gasteiger partial charge on any atom is -0.492 e. The number of hydrogen-bond donors (Lipinski definition) is 3. The molecule has 0 aliphatic carbocycles. The van der Waals surface area contributed by atoms with Crippen LogP contribution in [0.15, 0.2) is 48.5 Å². The molecule has 5 N–H and O–H groups in total. The monoisotopic (exact) mass is 271 g/mol. The molecule has 0 fully saturated rings. The molecular formula is C15H17N3O2. The molecule has 0 saturated heterocycles. The first kappa shape index (κ1) is 13.7. The van der Waals surface area contributed by atoms with Crippen LogP contribution >= 0.6 is 0 Å². The van der Waals surface area contributed by atoms with E-state index in [4.69, 9.17) is 16.2 Å². The van der Waals surface area contributed by atoms with Crippen LogP contribution in [0, 0.1) is 0 Å². The van der Waals surface area contributed by atoms with Crippen molar-refractivity contribution in [3.05, 3.63) is 54.1 Å². The van der Waals surface area contributed by atoms with Crippen molar-refractivity contribution >= 4 is 17.3 Å². The lowest BCUT2D eigenvalue weighted by Crippen LogP contribution is -2.28. The van der Waals surface area contributed by atoms with Gasteiger partial charge in [-0.2, -0.15) is 0 Å². The maximum atomic E-state index is 11.9. The van der Waals surface area contributed by atoms with Crippen LogP contribution in [0.2, 0.25) is 0 Å². The molecule has 5 nitrogen and oxygen atoms in total. The van der Waals surface area contributed by atoms with Gasteiger partial charge < -0.3 is 21.5 Å². The molecule has 0 atom stereocenters. The summed E-state index contributed by atoms with van der Waals surface area (Å²) in [5.74, 6) is 0.551. The Balaban J connectivity index is 1.80. The van der Waals surface area contributed by atoms with Gasteiger partial charge in [-0.25, -0.2) is 0 Å². The van der Waals surface area contributed by atoms with Crippen molar-refractivity contribution in [1.29, 1.82) is 0 Å². The molecule has 2 rings (SSSR count). The fourth-order valence-corrected chi connectivity index (χ4v) is 1.76. The van der Waals surface area contributed by atoms with E-state index in [-0.39, 0.29) is 5.91 Å². The highest BCUT2D eigenvalue weighted by molar-refractivity contribution is 5.96.